The summed E-state index contributed by atoms with van der Waals surface area (Å²) in [6.07, 6.45) is 3.42. The molecule has 3 heterocycles. The number of benzene rings is 4. The molecule has 1 aromatic heterocycles. The number of hydrogen-bond acceptors (Lipinski definition) is 5. The van der Waals surface area contributed by atoms with Crippen LogP contribution in [0.1, 0.15) is 48.2 Å². The van der Waals surface area contributed by atoms with Crippen LogP contribution >= 0.6 is 23.2 Å². The van der Waals surface area contributed by atoms with Crippen molar-refractivity contribution < 1.29 is 0 Å². The molecule has 6 nitrogen and oxygen atoms in total. The minimum atomic E-state index is -0.278. The topological polar surface area (TPSA) is 57.8 Å². The lowest BCUT2D eigenvalue weighted by atomic mass is 9.93. The predicted octanol–water partition coefficient (Wildman–Crippen LogP) is 9.63. The lowest BCUT2D eigenvalue weighted by molar-refractivity contribution is 0.795. The van der Waals surface area contributed by atoms with Gasteiger partial charge in [0, 0.05) is 11.3 Å². The van der Waals surface area contributed by atoms with Crippen molar-refractivity contribution in [2.24, 2.45) is 9.98 Å². The van der Waals surface area contributed by atoms with Crippen molar-refractivity contribution in [2.45, 2.75) is 39.2 Å². The lowest BCUT2D eigenvalue weighted by Crippen LogP contribution is -2.46. The van der Waals surface area contributed by atoms with Crippen LogP contribution in [0, 0.1) is 6.92 Å². The highest BCUT2D eigenvalue weighted by Crippen LogP contribution is 2.48. The number of nitrogens with zero attached hydrogens (tertiary/aromatic N) is 5. The number of halogens is 2. The number of rotatable bonds is 6. The van der Waals surface area contributed by atoms with Gasteiger partial charge < -0.3 is 10.2 Å². The van der Waals surface area contributed by atoms with Gasteiger partial charge in [-0.25, -0.2) is 14.7 Å². The maximum atomic E-state index is 6.62. The summed E-state index contributed by atoms with van der Waals surface area (Å²) in [5.41, 5.74) is 7.88. The van der Waals surface area contributed by atoms with Crippen molar-refractivity contribution in [1.82, 2.24) is 9.78 Å². The number of aliphatic imine (C=N–C) groups is 2. The highest BCUT2D eigenvalue weighted by molar-refractivity contribution is 6.51. The van der Waals surface area contributed by atoms with E-state index in [0.29, 0.717) is 21.7 Å². The van der Waals surface area contributed by atoms with Gasteiger partial charge in [-0.15, -0.1) is 0 Å². The van der Waals surface area contributed by atoms with Gasteiger partial charge in [0.2, 0.25) is 0 Å². The molecule has 0 saturated carbocycles. The van der Waals surface area contributed by atoms with Crippen molar-refractivity contribution in [3.8, 4) is 5.69 Å². The number of unbranched alkanes of at least 4 members (excludes halogenated alkanes) is 1. The molecule has 2 aliphatic rings. The maximum Gasteiger partial charge on any atom is 0.179 e. The van der Waals surface area contributed by atoms with Gasteiger partial charge in [-0.05, 0) is 79.4 Å². The number of nitrogens with one attached hydrogen (secondary N) is 1. The van der Waals surface area contributed by atoms with Gasteiger partial charge in [0.25, 0.3) is 0 Å². The zero-order chi connectivity index (χ0) is 29.5. The van der Waals surface area contributed by atoms with Crippen LogP contribution in [0.15, 0.2) is 107 Å². The fraction of sp³-hybridized carbons (Fsp3) is 0.171. The molecule has 5 aromatic rings. The Balaban J connectivity index is 1.43. The van der Waals surface area contributed by atoms with Crippen LogP contribution in [-0.4, -0.2) is 21.5 Å². The Kier molecular flexibility index (Phi) is 7.25. The van der Waals surface area contributed by atoms with Crippen molar-refractivity contribution in [2.75, 3.05) is 10.2 Å². The van der Waals surface area contributed by atoms with Crippen molar-refractivity contribution in [3.63, 3.8) is 0 Å². The van der Waals surface area contributed by atoms with Crippen LogP contribution in [0.4, 0.5) is 22.9 Å². The van der Waals surface area contributed by atoms with Crippen molar-refractivity contribution in [1.29, 1.82) is 0 Å². The minimum Gasteiger partial charge on any atom is -0.337 e. The van der Waals surface area contributed by atoms with Gasteiger partial charge in [-0.3, -0.25) is 0 Å². The first kappa shape index (κ1) is 27.4. The van der Waals surface area contributed by atoms with E-state index in [1.165, 1.54) is 18.4 Å². The van der Waals surface area contributed by atoms with Crippen LogP contribution in [0.25, 0.3) is 5.69 Å². The number of aryl methyl sites for hydroxylation is 2. The largest absolute Gasteiger partial charge is 0.337 e. The summed E-state index contributed by atoms with van der Waals surface area (Å²) in [6, 6.07) is 32.4. The fourth-order valence-electron chi connectivity index (χ4n) is 5.82. The van der Waals surface area contributed by atoms with Gasteiger partial charge in [0.15, 0.2) is 17.5 Å². The molecule has 0 aliphatic carbocycles. The quantitative estimate of drug-likeness (QED) is 0.210. The molecular weight excluding hydrogens is 575 g/mol. The average Bonchev–Trinajstić information content (AvgIpc) is 3.37. The summed E-state index contributed by atoms with van der Waals surface area (Å²) < 4.78 is 1.92. The zero-order valence-corrected chi connectivity index (χ0v) is 25.4. The third-order valence-electron chi connectivity index (χ3n) is 7.93. The molecule has 0 radical (unpaired) electrons. The number of fused-ring (bicyclic) bond motifs is 4. The van der Waals surface area contributed by atoms with Crippen LogP contribution < -0.4 is 10.2 Å². The molecule has 0 fully saturated rings. The summed E-state index contributed by atoms with van der Waals surface area (Å²) in [6.45, 7) is 4.25. The second-order valence-electron chi connectivity index (χ2n) is 10.8. The summed E-state index contributed by atoms with van der Waals surface area (Å²) >= 11 is 13.0. The summed E-state index contributed by atoms with van der Waals surface area (Å²) in [5.74, 6) is 2.12. The first-order chi connectivity index (χ1) is 21.0. The second-order valence-corrected chi connectivity index (χ2v) is 11.6. The van der Waals surface area contributed by atoms with Crippen molar-refractivity contribution >= 4 is 57.8 Å². The van der Waals surface area contributed by atoms with E-state index in [-0.39, 0.29) is 6.04 Å². The number of anilines is 2. The fourth-order valence-corrected chi connectivity index (χ4v) is 6.12. The molecule has 214 valence electrons. The Morgan fingerprint density at radius 3 is 2.37 bits per heavy atom. The van der Waals surface area contributed by atoms with Gasteiger partial charge >= 0.3 is 0 Å². The predicted molar refractivity (Wildman–Crippen MR) is 178 cm³/mol. The Bertz CT molecular complexity index is 1870. The second kappa shape index (κ2) is 11.4. The van der Waals surface area contributed by atoms with Crippen molar-refractivity contribution in [3.05, 3.63) is 129 Å². The SMILES string of the molecule is CCCCc1ccc(NC2=Nc3ccccc3N3C2=Nc2c(c(C)nn2-c2ccccc2)[C@@H]3c2ccc(Cl)c(Cl)c2)cc1. The molecule has 1 atom stereocenters. The first-order valence-electron chi connectivity index (χ1n) is 14.5. The van der Waals surface area contributed by atoms with Gasteiger partial charge in [0.05, 0.1) is 38.8 Å². The monoisotopic (exact) mass is 604 g/mol. The van der Waals surface area contributed by atoms with E-state index >= 15 is 0 Å². The van der Waals surface area contributed by atoms with Crippen LogP contribution in [-0.2, 0) is 6.42 Å². The van der Waals surface area contributed by atoms with E-state index in [4.69, 9.17) is 38.3 Å². The molecule has 1 N–H and O–H groups in total. The summed E-state index contributed by atoms with van der Waals surface area (Å²) in [4.78, 5) is 12.6. The highest BCUT2D eigenvalue weighted by atomic mass is 35.5. The number of hydrogen-bond donors (Lipinski definition) is 1. The zero-order valence-electron chi connectivity index (χ0n) is 23.9. The molecule has 2 aliphatic heterocycles. The van der Waals surface area contributed by atoms with Gasteiger partial charge in [0.1, 0.15) is 0 Å². The average molecular weight is 606 g/mol. The van der Waals surface area contributed by atoms with E-state index in [1.807, 2.05) is 78.3 Å². The molecule has 0 amide bonds. The normalized spacial score (nSPS) is 15.3. The summed E-state index contributed by atoms with van der Waals surface area (Å²) in [7, 11) is 0. The van der Waals surface area contributed by atoms with E-state index in [2.05, 4.69) is 47.5 Å². The molecule has 0 bridgehead atoms. The summed E-state index contributed by atoms with van der Waals surface area (Å²) in [5, 5.41) is 9.60. The third kappa shape index (κ3) is 5.01. The molecule has 0 unspecified atom stereocenters. The van der Waals surface area contributed by atoms with Gasteiger partial charge in [-0.1, -0.05) is 85.1 Å². The molecule has 0 saturated heterocycles. The lowest BCUT2D eigenvalue weighted by Gasteiger charge is -2.40. The van der Waals surface area contributed by atoms with E-state index in [1.54, 1.807) is 0 Å². The van der Waals surface area contributed by atoms with Crippen LogP contribution in [0.3, 0.4) is 0 Å². The Morgan fingerprint density at radius 2 is 1.60 bits per heavy atom. The number of aromatic nitrogens is 2. The maximum absolute atomic E-state index is 6.62. The molecule has 0 spiro atoms. The number of amidine groups is 2. The molecule has 43 heavy (non-hydrogen) atoms. The Labute approximate surface area is 261 Å². The Hall–Kier alpha value is -4.39. The molecule has 7 rings (SSSR count). The van der Waals surface area contributed by atoms with Crippen LogP contribution in [0.5, 0.6) is 0 Å². The van der Waals surface area contributed by atoms with E-state index in [9.17, 15) is 0 Å². The minimum absolute atomic E-state index is 0.278. The molecular formula is C35H30Cl2N6. The molecule has 8 heteroatoms. The first-order valence-corrected chi connectivity index (χ1v) is 15.3. The van der Waals surface area contributed by atoms with E-state index < -0.39 is 0 Å². The highest BCUT2D eigenvalue weighted by Gasteiger charge is 2.41. The smallest absolute Gasteiger partial charge is 0.179 e. The Morgan fingerprint density at radius 1 is 0.837 bits per heavy atom. The van der Waals surface area contributed by atoms with E-state index in [0.717, 1.165) is 51.8 Å². The number of para-hydroxylation sites is 3. The molecule has 4 aromatic carbocycles. The van der Waals surface area contributed by atoms with Gasteiger partial charge in [-0.2, -0.15) is 5.10 Å². The van der Waals surface area contributed by atoms with Crippen LogP contribution in [0.2, 0.25) is 10.0 Å². The standard InChI is InChI=1S/C35H30Cl2N6/c1-3-4-10-23-15-18-25(19-16-23)38-33-35-40-34-31(22(2)41-43(34)26-11-6-5-7-12-26)32(24-17-20-27(36)28(37)21-24)42(35)30-14-9-8-13-29(30)39-33/h5-9,11-21,32H,3-4,10H2,1-2H3,(H,38,39)/t32-/m0/s1. The third-order valence-corrected chi connectivity index (χ3v) is 8.67.